The number of fused-ring (bicyclic) bond motifs is 1. The second-order valence-electron chi connectivity index (χ2n) is 2.67. The first-order chi connectivity index (χ1) is 5.70. The Kier molecular flexibility index (Phi) is 1.24. The normalized spacial score (nSPS) is 10.8. The largest absolute Gasteiger partial charge is 0.504 e. The molecule has 0 radical (unpaired) electrons. The van der Waals surface area contributed by atoms with Crippen LogP contribution < -0.4 is 5.73 Å². The number of anilines is 1. The van der Waals surface area contributed by atoms with Gasteiger partial charge < -0.3 is 10.8 Å². The van der Waals surface area contributed by atoms with Crippen molar-refractivity contribution < 1.29 is 5.11 Å². The fraction of sp³-hybridized carbons (Fsp3) is 0.125. The molecule has 0 bridgehead atoms. The number of nitrogen functional groups attached to an aromatic ring is 1. The highest BCUT2D eigenvalue weighted by Crippen LogP contribution is 2.21. The van der Waals surface area contributed by atoms with E-state index in [-0.39, 0.29) is 5.75 Å². The zero-order chi connectivity index (χ0) is 8.72. The Hall–Kier alpha value is -1.71. The molecule has 0 saturated carbocycles. The zero-order valence-electron chi connectivity index (χ0n) is 6.65. The lowest BCUT2D eigenvalue weighted by Gasteiger charge is -1.96. The smallest absolute Gasteiger partial charge is 0.181 e. The zero-order valence-corrected chi connectivity index (χ0v) is 6.65. The van der Waals surface area contributed by atoms with Gasteiger partial charge in [0.25, 0.3) is 0 Å². The van der Waals surface area contributed by atoms with Gasteiger partial charge in [-0.05, 0) is 19.1 Å². The summed E-state index contributed by atoms with van der Waals surface area (Å²) in [6.07, 6.45) is 1.77. The number of hydrogen-bond acceptors (Lipinski definition) is 3. The van der Waals surface area contributed by atoms with Gasteiger partial charge in [-0.2, -0.15) is 0 Å². The fourth-order valence-electron chi connectivity index (χ4n) is 1.18. The van der Waals surface area contributed by atoms with Crippen molar-refractivity contribution in [1.29, 1.82) is 0 Å². The minimum atomic E-state index is 0.150. The van der Waals surface area contributed by atoms with Crippen molar-refractivity contribution in [2.45, 2.75) is 6.92 Å². The number of nitrogens with two attached hydrogens (primary N) is 1. The van der Waals surface area contributed by atoms with E-state index >= 15 is 0 Å². The molecule has 4 nitrogen and oxygen atoms in total. The molecule has 0 unspecified atom stereocenters. The van der Waals surface area contributed by atoms with E-state index < -0.39 is 0 Å². The summed E-state index contributed by atoms with van der Waals surface area (Å²) in [5.41, 5.74) is 6.94. The standard InChI is InChI=1S/C8H9N3O/c1-5-7(9)11-4-2-3-6(12)8(11)10-5/h2-4,12H,9H2,1H3. The summed E-state index contributed by atoms with van der Waals surface area (Å²) in [6, 6.07) is 3.31. The van der Waals surface area contributed by atoms with Gasteiger partial charge in [-0.1, -0.05) is 0 Å². The molecule has 0 aliphatic rings. The number of hydrogen-bond donors (Lipinski definition) is 2. The highest BCUT2D eigenvalue weighted by Gasteiger charge is 2.06. The van der Waals surface area contributed by atoms with Crippen LogP contribution in [0, 0.1) is 6.92 Å². The molecular weight excluding hydrogens is 154 g/mol. The van der Waals surface area contributed by atoms with Gasteiger partial charge in [-0.25, -0.2) is 4.98 Å². The molecule has 0 saturated heterocycles. The van der Waals surface area contributed by atoms with Crippen molar-refractivity contribution in [2.75, 3.05) is 5.73 Å². The lowest BCUT2D eigenvalue weighted by atomic mass is 10.4. The maximum atomic E-state index is 9.37. The van der Waals surface area contributed by atoms with Gasteiger partial charge >= 0.3 is 0 Å². The summed E-state index contributed by atoms with van der Waals surface area (Å²) >= 11 is 0. The van der Waals surface area contributed by atoms with Crippen LogP contribution in [-0.4, -0.2) is 14.5 Å². The first kappa shape index (κ1) is 6.97. The number of imidazole rings is 1. The SMILES string of the molecule is Cc1nc2c(O)cccn2c1N. The van der Waals surface area contributed by atoms with Crippen molar-refractivity contribution in [1.82, 2.24) is 9.38 Å². The van der Waals surface area contributed by atoms with E-state index in [1.54, 1.807) is 22.7 Å². The molecule has 12 heavy (non-hydrogen) atoms. The van der Waals surface area contributed by atoms with Gasteiger partial charge in [-0.3, -0.25) is 4.40 Å². The molecule has 3 N–H and O–H groups in total. The molecule has 2 rings (SSSR count). The number of aromatic hydroxyl groups is 1. The van der Waals surface area contributed by atoms with Crippen LogP contribution in [0.3, 0.4) is 0 Å². The van der Waals surface area contributed by atoms with Gasteiger partial charge in [-0.15, -0.1) is 0 Å². The third-order valence-electron chi connectivity index (χ3n) is 1.85. The van der Waals surface area contributed by atoms with Crippen LogP contribution in [0.4, 0.5) is 5.82 Å². The molecule has 0 spiro atoms. The molecule has 2 aromatic rings. The molecule has 62 valence electrons. The van der Waals surface area contributed by atoms with E-state index in [1.165, 1.54) is 0 Å². The Morgan fingerprint density at radius 3 is 3.00 bits per heavy atom. The van der Waals surface area contributed by atoms with E-state index in [0.717, 1.165) is 5.69 Å². The van der Waals surface area contributed by atoms with Crippen molar-refractivity contribution in [2.24, 2.45) is 0 Å². The monoisotopic (exact) mass is 163 g/mol. The number of nitrogens with zero attached hydrogens (tertiary/aromatic N) is 2. The molecule has 4 heteroatoms. The summed E-state index contributed by atoms with van der Waals surface area (Å²) in [4.78, 5) is 4.10. The highest BCUT2D eigenvalue weighted by molar-refractivity contribution is 5.60. The summed E-state index contributed by atoms with van der Waals surface area (Å²) in [5, 5.41) is 9.37. The lowest BCUT2D eigenvalue weighted by Crippen LogP contribution is -1.92. The summed E-state index contributed by atoms with van der Waals surface area (Å²) in [5.74, 6) is 0.721. The average Bonchev–Trinajstić information content (AvgIpc) is 2.32. The third kappa shape index (κ3) is 0.747. The van der Waals surface area contributed by atoms with Crippen LogP contribution in [0.1, 0.15) is 5.69 Å². The molecule has 0 fully saturated rings. The van der Waals surface area contributed by atoms with Crippen LogP contribution >= 0.6 is 0 Å². The molecule has 2 heterocycles. The van der Waals surface area contributed by atoms with Gasteiger partial charge in [0, 0.05) is 6.20 Å². The van der Waals surface area contributed by atoms with Gasteiger partial charge in [0.15, 0.2) is 11.4 Å². The fourth-order valence-corrected chi connectivity index (χ4v) is 1.18. The predicted molar refractivity (Wildman–Crippen MR) is 46.0 cm³/mol. The first-order valence-corrected chi connectivity index (χ1v) is 3.62. The van der Waals surface area contributed by atoms with E-state index in [9.17, 15) is 5.11 Å². The van der Waals surface area contributed by atoms with Crippen molar-refractivity contribution in [3.8, 4) is 5.75 Å². The molecule has 0 aliphatic heterocycles. The Morgan fingerprint density at radius 1 is 1.58 bits per heavy atom. The molecule has 2 aromatic heterocycles. The second kappa shape index (κ2) is 2.14. The van der Waals surface area contributed by atoms with Gasteiger partial charge in [0.2, 0.25) is 0 Å². The van der Waals surface area contributed by atoms with Crippen molar-refractivity contribution in [3.05, 3.63) is 24.0 Å². The van der Waals surface area contributed by atoms with Crippen molar-refractivity contribution >= 4 is 11.5 Å². The predicted octanol–water partition coefficient (Wildman–Crippen LogP) is 0.931. The minimum Gasteiger partial charge on any atom is -0.504 e. The number of aryl methyl sites for hydroxylation is 1. The van der Waals surface area contributed by atoms with E-state index in [0.29, 0.717) is 11.5 Å². The summed E-state index contributed by atoms with van der Waals surface area (Å²) in [6.45, 7) is 1.81. The molecule has 0 amide bonds. The lowest BCUT2D eigenvalue weighted by molar-refractivity contribution is 0.477. The van der Waals surface area contributed by atoms with Crippen LogP contribution in [0.5, 0.6) is 5.75 Å². The maximum absolute atomic E-state index is 9.37. The van der Waals surface area contributed by atoms with Gasteiger partial charge in [0.05, 0.1) is 5.69 Å². The Bertz CT molecular complexity index is 433. The van der Waals surface area contributed by atoms with Crippen molar-refractivity contribution in [3.63, 3.8) is 0 Å². The van der Waals surface area contributed by atoms with Crippen LogP contribution in [0.25, 0.3) is 5.65 Å². The van der Waals surface area contributed by atoms with Crippen LogP contribution in [0.2, 0.25) is 0 Å². The van der Waals surface area contributed by atoms with Gasteiger partial charge in [0.1, 0.15) is 5.82 Å². The summed E-state index contributed by atoms with van der Waals surface area (Å²) < 4.78 is 1.66. The first-order valence-electron chi connectivity index (χ1n) is 3.62. The molecular formula is C8H9N3O. The molecule has 0 atom stereocenters. The van der Waals surface area contributed by atoms with E-state index in [1.807, 2.05) is 6.92 Å². The molecule has 0 aliphatic carbocycles. The topological polar surface area (TPSA) is 63.5 Å². The molecule has 0 aromatic carbocycles. The van der Waals surface area contributed by atoms with Crippen LogP contribution in [-0.2, 0) is 0 Å². The second-order valence-corrected chi connectivity index (χ2v) is 2.67. The highest BCUT2D eigenvalue weighted by atomic mass is 16.3. The number of pyridine rings is 1. The minimum absolute atomic E-state index is 0.150. The quantitative estimate of drug-likeness (QED) is 0.607. The Morgan fingerprint density at radius 2 is 2.33 bits per heavy atom. The Labute approximate surface area is 69.3 Å². The van der Waals surface area contributed by atoms with E-state index in [4.69, 9.17) is 5.73 Å². The van der Waals surface area contributed by atoms with E-state index in [2.05, 4.69) is 4.98 Å². The van der Waals surface area contributed by atoms with Crippen LogP contribution in [0.15, 0.2) is 18.3 Å². The Balaban J connectivity index is 2.95. The number of aromatic nitrogens is 2. The average molecular weight is 163 g/mol. The third-order valence-corrected chi connectivity index (χ3v) is 1.85. The maximum Gasteiger partial charge on any atom is 0.181 e. The number of rotatable bonds is 0. The summed E-state index contributed by atoms with van der Waals surface area (Å²) in [7, 11) is 0.